The van der Waals surface area contributed by atoms with E-state index in [0.29, 0.717) is 30.8 Å². The first kappa shape index (κ1) is 19.8. The molecule has 0 unspecified atom stereocenters. The van der Waals surface area contributed by atoms with Gasteiger partial charge < -0.3 is 5.32 Å². The van der Waals surface area contributed by atoms with E-state index in [1.165, 1.54) is 4.31 Å². The van der Waals surface area contributed by atoms with Gasteiger partial charge in [0.1, 0.15) is 5.01 Å². The second-order valence-corrected chi connectivity index (χ2v) is 9.73. The number of amides is 1. The maximum atomic E-state index is 12.7. The monoisotopic (exact) mass is 427 g/mol. The number of nitrogens with one attached hydrogen (secondary N) is 1. The molecule has 6 nitrogen and oxygen atoms in total. The molecular weight excluding hydrogens is 406 g/mol. The fourth-order valence-electron chi connectivity index (χ4n) is 3.41. The summed E-state index contributed by atoms with van der Waals surface area (Å²) in [4.78, 5) is 17.2. The number of benzene rings is 2. The van der Waals surface area contributed by atoms with Crippen LogP contribution < -0.4 is 5.32 Å². The highest BCUT2D eigenvalue weighted by atomic mass is 32.2. The fraction of sp³-hybridized carbons (Fsp3) is 0.238. The summed E-state index contributed by atoms with van der Waals surface area (Å²) in [6.07, 6.45) is 2.78. The first-order valence-electron chi connectivity index (χ1n) is 9.40. The maximum absolute atomic E-state index is 12.7. The molecule has 0 saturated carbocycles. The van der Waals surface area contributed by atoms with Crippen molar-refractivity contribution < 1.29 is 13.2 Å². The molecule has 0 atom stereocenters. The Morgan fingerprint density at radius 2 is 1.72 bits per heavy atom. The zero-order valence-corrected chi connectivity index (χ0v) is 17.3. The fourth-order valence-corrected chi connectivity index (χ4v) is 5.54. The largest absolute Gasteiger partial charge is 0.326 e. The van der Waals surface area contributed by atoms with Crippen molar-refractivity contribution in [1.82, 2.24) is 9.29 Å². The molecule has 0 aliphatic carbocycles. The quantitative estimate of drug-likeness (QED) is 0.671. The van der Waals surface area contributed by atoms with Gasteiger partial charge in [0.2, 0.25) is 15.9 Å². The number of hydrogen-bond donors (Lipinski definition) is 1. The Kier molecular flexibility index (Phi) is 5.75. The van der Waals surface area contributed by atoms with Gasteiger partial charge in [-0.3, -0.25) is 4.79 Å². The van der Waals surface area contributed by atoms with E-state index >= 15 is 0 Å². The van der Waals surface area contributed by atoms with Crippen LogP contribution in [0.15, 0.2) is 71.1 Å². The number of rotatable bonds is 5. The second kappa shape index (κ2) is 8.44. The first-order chi connectivity index (χ1) is 14.0. The molecule has 1 aliphatic rings. The Hall–Kier alpha value is -2.55. The van der Waals surface area contributed by atoms with Crippen molar-refractivity contribution in [3.05, 3.63) is 66.2 Å². The lowest BCUT2D eigenvalue weighted by molar-refractivity contribution is -0.120. The average molecular weight is 428 g/mol. The summed E-state index contributed by atoms with van der Waals surface area (Å²) in [6, 6.07) is 16.0. The second-order valence-electron chi connectivity index (χ2n) is 6.90. The van der Waals surface area contributed by atoms with Crippen LogP contribution in [0.4, 0.5) is 5.69 Å². The van der Waals surface area contributed by atoms with Crippen LogP contribution in [0.25, 0.3) is 10.6 Å². The molecule has 29 heavy (non-hydrogen) atoms. The van der Waals surface area contributed by atoms with Crippen molar-refractivity contribution in [3.8, 4) is 10.6 Å². The Bertz CT molecular complexity index is 1060. The molecule has 0 bridgehead atoms. The Morgan fingerprint density at radius 1 is 1.03 bits per heavy atom. The predicted octanol–water partition coefficient (Wildman–Crippen LogP) is 3.85. The van der Waals surface area contributed by atoms with Crippen LogP contribution in [0.2, 0.25) is 0 Å². The van der Waals surface area contributed by atoms with E-state index in [0.717, 1.165) is 16.3 Å². The van der Waals surface area contributed by atoms with E-state index in [1.807, 2.05) is 29.6 Å². The van der Waals surface area contributed by atoms with Gasteiger partial charge in [-0.1, -0.05) is 18.2 Å². The van der Waals surface area contributed by atoms with Crippen LogP contribution in [-0.2, 0) is 14.8 Å². The van der Waals surface area contributed by atoms with E-state index < -0.39 is 10.0 Å². The van der Waals surface area contributed by atoms with Crippen molar-refractivity contribution in [2.75, 3.05) is 18.4 Å². The molecule has 1 saturated heterocycles. The summed E-state index contributed by atoms with van der Waals surface area (Å²) in [5, 5.41) is 5.81. The minimum Gasteiger partial charge on any atom is -0.326 e. The Morgan fingerprint density at radius 3 is 2.34 bits per heavy atom. The lowest BCUT2D eigenvalue weighted by Gasteiger charge is -2.30. The first-order valence-corrected chi connectivity index (χ1v) is 11.7. The van der Waals surface area contributed by atoms with Crippen molar-refractivity contribution in [2.45, 2.75) is 17.7 Å². The SMILES string of the molecule is O=C(Nc1ccc(-c2nccs2)cc1)C1CCN(S(=O)(=O)c2ccccc2)CC1. The molecule has 1 aromatic heterocycles. The molecule has 1 amide bonds. The van der Waals surface area contributed by atoms with E-state index in [1.54, 1.807) is 47.9 Å². The van der Waals surface area contributed by atoms with Crippen molar-refractivity contribution in [2.24, 2.45) is 5.92 Å². The van der Waals surface area contributed by atoms with E-state index in [2.05, 4.69) is 10.3 Å². The third-order valence-electron chi connectivity index (χ3n) is 5.04. The molecule has 2 heterocycles. The molecule has 4 rings (SSSR count). The average Bonchev–Trinajstić information content (AvgIpc) is 3.30. The van der Waals surface area contributed by atoms with Crippen LogP contribution in [0.5, 0.6) is 0 Å². The highest BCUT2D eigenvalue weighted by Crippen LogP contribution is 2.26. The van der Waals surface area contributed by atoms with Gasteiger partial charge in [-0.25, -0.2) is 13.4 Å². The van der Waals surface area contributed by atoms with E-state index in [4.69, 9.17) is 0 Å². The number of carbonyl (C=O) groups is 1. The number of thiazole rings is 1. The third-order valence-corrected chi connectivity index (χ3v) is 7.77. The number of anilines is 1. The molecule has 0 spiro atoms. The minimum atomic E-state index is -3.50. The highest BCUT2D eigenvalue weighted by molar-refractivity contribution is 7.89. The topological polar surface area (TPSA) is 79.4 Å². The Labute approximate surface area is 174 Å². The van der Waals surface area contributed by atoms with Crippen LogP contribution in [0.3, 0.4) is 0 Å². The molecule has 2 aromatic carbocycles. The van der Waals surface area contributed by atoms with Crippen molar-refractivity contribution in [1.29, 1.82) is 0 Å². The van der Waals surface area contributed by atoms with Crippen LogP contribution in [0.1, 0.15) is 12.8 Å². The number of aromatic nitrogens is 1. The zero-order valence-electron chi connectivity index (χ0n) is 15.7. The van der Waals surface area contributed by atoms with Crippen LogP contribution in [0, 0.1) is 5.92 Å². The summed E-state index contributed by atoms with van der Waals surface area (Å²) in [5.74, 6) is -0.264. The van der Waals surface area contributed by atoms with Gasteiger partial charge in [-0.2, -0.15) is 4.31 Å². The Balaban J connectivity index is 1.34. The highest BCUT2D eigenvalue weighted by Gasteiger charge is 2.32. The lowest BCUT2D eigenvalue weighted by Crippen LogP contribution is -2.41. The summed E-state index contributed by atoms with van der Waals surface area (Å²) in [6.45, 7) is 0.691. The van der Waals surface area contributed by atoms with Gasteiger partial charge in [0.25, 0.3) is 0 Å². The third kappa shape index (κ3) is 4.39. The van der Waals surface area contributed by atoms with Gasteiger partial charge in [0, 0.05) is 41.8 Å². The summed E-state index contributed by atoms with van der Waals surface area (Å²) in [7, 11) is -3.50. The maximum Gasteiger partial charge on any atom is 0.243 e. The van der Waals surface area contributed by atoms with Gasteiger partial charge >= 0.3 is 0 Å². The van der Waals surface area contributed by atoms with Gasteiger partial charge in [-0.15, -0.1) is 11.3 Å². The lowest BCUT2D eigenvalue weighted by atomic mass is 9.97. The molecule has 1 fully saturated rings. The number of piperidine rings is 1. The van der Waals surface area contributed by atoms with Crippen molar-refractivity contribution in [3.63, 3.8) is 0 Å². The summed E-state index contributed by atoms with van der Waals surface area (Å²) >= 11 is 1.57. The molecule has 150 valence electrons. The standard InChI is InChI=1S/C21H21N3O3S2/c25-20(23-18-8-6-17(7-9-18)21-22-12-15-28-21)16-10-13-24(14-11-16)29(26,27)19-4-2-1-3-5-19/h1-9,12,15-16H,10-11,13-14H2,(H,23,25). The molecule has 3 aromatic rings. The molecular formula is C21H21N3O3S2. The zero-order chi connectivity index (χ0) is 20.3. The molecule has 1 N–H and O–H groups in total. The molecule has 8 heteroatoms. The number of carbonyl (C=O) groups excluding carboxylic acids is 1. The van der Waals surface area contributed by atoms with Crippen molar-refractivity contribution >= 4 is 33.0 Å². The number of hydrogen-bond acceptors (Lipinski definition) is 5. The van der Waals surface area contributed by atoms with Gasteiger partial charge in [0.05, 0.1) is 4.90 Å². The van der Waals surface area contributed by atoms with Crippen LogP contribution in [-0.4, -0.2) is 36.7 Å². The smallest absolute Gasteiger partial charge is 0.243 e. The van der Waals surface area contributed by atoms with Gasteiger partial charge in [-0.05, 0) is 49.2 Å². The summed E-state index contributed by atoms with van der Waals surface area (Å²) in [5.41, 5.74) is 1.74. The van der Waals surface area contributed by atoms with Gasteiger partial charge in [0.15, 0.2) is 0 Å². The van der Waals surface area contributed by atoms with E-state index in [9.17, 15) is 13.2 Å². The van der Waals surface area contributed by atoms with E-state index in [-0.39, 0.29) is 11.8 Å². The predicted molar refractivity (Wildman–Crippen MR) is 114 cm³/mol. The number of sulfonamides is 1. The normalized spacial score (nSPS) is 15.9. The molecule has 0 radical (unpaired) electrons. The van der Waals surface area contributed by atoms with Crippen LogP contribution >= 0.6 is 11.3 Å². The minimum absolute atomic E-state index is 0.0660. The number of nitrogens with zero attached hydrogens (tertiary/aromatic N) is 2. The molecule has 1 aliphatic heterocycles. The summed E-state index contributed by atoms with van der Waals surface area (Å²) < 4.78 is 26.9.